The van der Waals surface area contributed by atoms with Gasteiger partial charge in [0.05, 0.1) is 5.60 Å². The van der Waals surface area contributed by atoms with E-state index in [0.717, 1.165) is 25.0 Å². The zero-order valence-corrected chi connectivity index (χ0v) is 12.4. The Morgan fingerprint density at radius 3 is 2.74 bits per heavy atom. The summed E-state index contributed by atoms with van der Waals surface area (Å²) < 4.78 is 5.96. The lowest BCUT2D eigenvalue weighted by atomic mass is 9.70. The zero-order valence-electron chi connectivity index (χ0n) is 10.9. The number of benzene rings is 1. The van der Waals surface area contributed by atoms with Gasteiger partial charge in [-0.3, -0.25) is 0 Å². The SMILES string of the molecule is NC(c1ccc(Cl)cc1Cl)C1CCOC2(CCC2)C1. The van der Waals surface area contributed by atoms with Gasteiger partial charge in [0, 0.05) is 22.7 Å². The van der Waals surface area contributed by atoms with Crippen LogP contribution in [0, 0.1) is 5.92 Å². The molecule has 2 nitrogen and oxygen atoms in total. The first-order valence-electron chi connectivity index (χ1n) is 6.94. The molecular weight excluding hydrogens is 281 g/mol. The molecule has 1 saturated heterocycles. The van der Waals surface area contributed by atoms with E-state index in [1.165, 1.54) is 19.3 Å². The highest BCUT2D eigenvalue weighted by molar-refractivity contribution is 6.35. The number of nitrogens with two attached hydrogens (primary N) is 1. The molecule has 0 amide bonds. The standard InChI is InChI=1S/C15H19Cl2NO/c16-11-2-3-12(13(17)8-11)14(18)10-4-7-19-15(9-10)5-1-6-15/h2-3,8,10,14H,1,4-7,9,18H2. The second-order valence-electron chi connectivity index (χ2n) is 5.83. The molecule has 0 aromatic heterocycles. The number of halogens is 2. The Morgan fingerprint density at radius 1 is 1.32 bits per heavy atom. The Hall–Kier alpha value is -0.280. The summed E-state index contributed by atoms with van der Waals surface area (Å²) in [6, 6.07) is 5.57. The topological polar surface area (TPSA) is 35.2 Å². The maximum absolute atomic E-state index is 6.44. The van der Waals surface area contributed by atoms with Crippen LogP contribution >= 0.6 is 23.2 Å². The van der Waals surface area contributed by atoms with Gasteiger partial charge in [-0.05, 0) is 55.7 Å². The summed E-state index contributed by atoms with van der Waals surface area (Å²) in [5, 5.41) is 1.33. The minimum Gasteiger partial charge on any atom is -0.375 e. The fraction of sp³-hybridized carbons (Fsp3) is 0.600. The van der Waals surface area contributed by atoms with E-state index >= 15 is 0 Å². The van der Waals surface area contributed by atoms with Crippen LogP contribution < -0.4 is 5.73 Å². The van der Waals surface area contributed by atoms with Crippen LogP contribution in [-0.4, -0.2) is 12.2 Å². The second-order valence-corrected chi connectivity index (χ2v) is 6.67. The second kappa shape index (κ2) is 5.25. The summed E-state index contributed by atoms with van der Waals surface area (Å²) in [7, 11) is 0. The van der Waals surface area contributed by atoms with Crippen molar-refractivity contribution in [2.24, 2.45) is 11.7 Å². The van der Waals surface area contributed by atoms with Crippen molar-refractivity contribution >= 4 is 23.2 Å². The third kappa shape index (κ3) is 2.64. The highest BCUT2D eigenvalue weighted by atomic mass is 35.5. The molecule has 1 heterocycles. The predicted octanol–water partition coefficient (Wildman–Crippen LogP) is 4.34. The molecule has 0 bridgehead atoms. The molecule has 104 valence electrons. The molecule has 1 aromatic carbocycles. The van der Waals surface area contributed by atoms with Gasteiger partial charge in [0.2, 0.25) is 0 Å². The number of hydrogen-bond donors (Lipinski definition) is 1. The smallest absolute Gasteiger partial charge is 0.0686 e. The normalized spacial score (nSPS) is 27.0. The molecule has 2 unspecified atom stereocenters. The van der Waals surface area contributed by atoms with E-state index in [9.17, 15) is 0 Å². The van der Waals surface area contributed by atoms with Crippen molar-refractivity contribution in [3.63, 3.8) is 0 Å². The maximum Gasteiger partial charge on any atom is 0.0686 e. The summed E-state index contributed by atoms with van der Waals surface area (Å²) in [6.07, 6.45) is 5.73. The van der Waals surface area contributed by atoms with Gasteiger partial charge in [0.1, 0.15) is 0 Å². The van der Waals surface area contributed by atoms with Gasteiger partial charge in [-0.25, -0.2) is 0 Å². The average Bonchev–Trinajstić information content (AvgIpc) is 2.36. The lowest BCUT2D eigenvalue weighted by Gasteiger charge is -2.48. The van der Waals surface area contributed by atoms with Gasteiger partial charge in [0.25, 0.3) is 0 Å². The molecule has 19 heavy (non-hydrogen) atoms. The van der Waals surface area contributed by atoms with Gasteiger partial charge in [-0.2, -0.15) is 0 Å². The van der Waals surface area contributed by atoms with Gasteiger partial charge in [-0.1, -0.05) is 29.3 Å². The first-order valence-corrected chi connectivity index (χ1v) is 7.70. The van der Waals surface area contributed by atoms with Crippen molar-refractivity contribution < 1.29 is 4.74 Å². The number of rotatable bonds is 2. The summed E-state index contributed by atoms with van der Waals surface area (Å²) in [4.78, 5) is 0. The van der Waals surface area contributed by atoms with Crippen molar-refractivity contribution in [2.45, 2.75) is 43.7 Å². The van der Waals surface area contributed by atoms with Crippen LogP contribution in [-0.2, 0) is 4.74 Å². The van der Waals surface area contributed by atoms with E-state index in [1.807, 2.05) is 12.1 Å². The first-order chi connectivity index (χ1) is 9.10. The monoisotopic (exact) mass is 299 g/mol. The van der Waals surface area contributed by atoms with Crippen LogP contribution in [0.4, 0.5) is 0 Å². The lowest BCUT2D eigenvalue weighted by molar-refractivity contribution is -0.146. The molecule has 1 aliphatic heterocycles. The molecule has 2 N–H and O–H groups in total. The van der Waals surface area contributed by atoms with E-state index in [4.69, 9.17) is 33.7 Å². The summed E-state index contributed by atoms with van der Waals surface area (Å²) in [5.41, 5.74) is 7.57. The Balaban J connectivity index is 1.77. The van der Waals surface area contributed by atoms with Crippen molar-refractivity contribution in [3.05, 3.63) is 33.8 Å². The van der Waals surface area contributed by atoms with Crippen LogP contribution in [0.3, 0.4) is 0 Å². The van der Waals surface area contributed by atoms with Gasteiger partial charge >= 0.3 is 0 Å². The minimum atomic E-state index is -0.0221. The number of ether oxygens (including phenoxy) is 1. The van der Waals surface area contributed by atoms with Crippen molar-refractivity contribution in [1.29, 1.82) is 0 Å². The Labute approximate surface area is 124 Å². The highest BCUT2D eigenvalue weighted by Crippen LogP contribution is 2.47. The van der Waals surface area contributed by atoms with Crippen LogP contribution in [0.25, 0.3) is 0 Å². The average molecular weight is 300 g/mol. The van der Waals surface area contributed by atoms with Crippen molar-refractivity contribution in [2.75, 3.05) is 6.61 Å². The molecule has 1 aliphatic carbocycles. The third-order valence-electron chi connectivity index (χ3n) is 4.63. The molecule has 0 radical (unpaired) electrons. The molecule has 2 atom stereocenters. The largest absolute Gasteiger partial charge is 0.375 e. The molecule has 2 fully saturated rings. The lowest BCUT2D eigenvalue weighted by Crippen LogP contribution is -2.47. The van der Waals surface area contributed by atoms with E-state index in [1.54, 1.807) is 6.07 Å². The molecule has 1 aromatic rings. The summed E-state index contributed by atoms with van der Waals surface area (Å²) >= 11 is 12.2. The minimum absolute atomic E-state index is 0.0221. The van der Waals surface area contributed by atoms with Gasteiger partial charge in [0.15, 0.2) is 0 Å². The van der Waals surface area contributed by atoms with Gasteiger partial charge < -0.3 is 10.5 Å². The Kier molecular flexibility index (Phi) is 3.78. The molecule has 1 spiro atoms. The Morgan fingerprint density at radius 2 is 2.11 bits per heavy atom. The molecule has 4 heteroatoms. The third-order valence-corrected chi connectivity index (χ3v) is 5.19. The fourth-order valence-electron chi connectivity index (χ4n) is 3.32. The van der Waals surface area contributed by atoms with Crippen molar-refractivity contribution in [3.8, 4) is 0 Å². The highest BCUT2D eigenvalue weighted by Gasteiger charge is 2.44. The van der Waals surface area contributed by atoms with E-state index in [0.29, 0.717) is 16.0 Å². The van der Waals surface area contributed by atoms with E-state index in [2.05, 4.69) is 0 Å². The maximum atomic E-state index is 6.44. The van der Waals surface area contributed by atoms with Crippen LogP contribution in [0.2, 0.25) is 10.0 Å². The number of hydrogen-bond acceptors (Lipinski definition) is 2. The molecule has 2 aliphatic rings. The zero-order chi connectivity index (χ0) is 13.5. The summed E-state index contributed by atoms with van der Waals surface area (Å²) in [6.45, 7) is 0.823. The van der Waals surface area contributed by atoms with Crippen LogP contribution in [0.5, 0.6) is 0 Å². The quantitative estimate of drug-likeness (QED) is 0.881. The molecule has 1 saturated carbocycles. The summed E-state index contributed by atoms with van der Waals surface area (Å²) in [5.74, 6) is 0.452. The predicted molar refractivity (Wildman–Crippen MR) is 78.6 cm³/mol. The van der Waals surface area contributed by atoms with Crippen LogP contribution in [0.15, 0.2) is 18.2 Å². The Bertz CT molecular complexity index is 473. The van der Waals surface area contributed by atoms with E-state index in [-0.39, 0.29) is 11.6 Å². The molecule has 3 rings (SSSR count). The fourth-order valence-corrected chi connectivity index (χ4v) is 3.85. The van der Waals surface area contributed by atoms with Crippen LogP contribution in [0.1, 0.15) is 43.7 Å². The van der Waals surface area contributed by atoms with Crippen molar-refractivity contribution in [1.82, 2.24) is 0 Å². The van der Waals surface area contributed by atoms with E-state index < -0.39 is 0 Å². The molecular formula is C15H19Cl2NO. The first kappa shape index (κ1) is 13.7. The van der Waals surface area contributed by atoms with Gasteiger partial charge in [-0.15, -0.1) is 0 Å².